The molecule has 5 heteroatoms. The van der Waals surface area contributed by atoms with Crippen LogP contribution in [0.2, 0.25) is 0 Å². The molecule has 0 spiro atoms. The molecule has 1 fully saturated rings. The Hall–Kier alpha value is -4.88. The summed E-state index contributed by atoms with van der Waals surface area (Å²) < 4.78 is 34.1. The molecule has 0 radical (unpaired) electrons. The van der Waals surface area contributed by atoms with Crippen LogP contribution in [0.3, 0.4) is 0 Å². The van der Waals surface area contributed by atoms with E-state index in [2.05, 4.69) is 109 Å². The van der Waals surface area contributed by atoms with E-state index in [-0.39, 0.29) is 12.7 Å². The van der Waals surface area contributed by atoms with Crippen LogP contribution in [0.15, 0.2) is 182 Å². The first-order valence-corrected chi connectivity index (χ1v) is 17.7. The van der Waals surface area contributed by atoms with E-state index in [0.29, 0.717) is 26.4 Å². The Balaban J connectivity index is 1.23. The van der Waals surface area contributed by atoms with Gasteiger partial charge >= 0.3 is 0 Å². The zero-order valence-electron chi connectivity index (χ0n) is 28.7. The molecular weight excluding hydrogens is 633 g/mol. The molecule has 0 aromatic heterocycles. The van der Waals surface area contributed by atoms with E-state index in [1.54, 1.807) is 0 Å². The van der Waals surface area contributed by atoms with Crippen molar-refractivity contribution in [2.24, 2.45) is 0 Å². The van der Waals surface area contributed by atoms with Gasteiger partial charge in [0.25, 0.3) is 0 Å². The second-order valence-electron chi connectivity index (χ2n) is 12.8. The molecule has 1 aliphatic heterocycles. The lowest BCUT2D eigenvalue weighted by Gasteiger charge is -2.38. The quantitative estimate of drug-likeness (QED) is 0.0958. The van der Waals surface area contributed by atoms with Crippen molar-refractivity contribution in [3.05, 3.63) is 215 Å². The summed E-state index contributed by atoms with van der Waals surface area (Å²) in [6.07, 6.45) is -1.66. The molecule has 1 heterocycles. The summed E-state index contributed by atoms with van der Waals surface area (Å²) in [6.45, 7) is 1.88. The predicted octanol–water partition coefficient (Wildman–Crippen LogP) is 9.15. The summed E-state index contributed by atoms with van der Waals surface area (Å²) in [5.74, 6) is 0. The maximum atomic E-state index is 7.33. The summed E-state index contributed by atoms with van der Waals surface area (Å²) in [5.41, 5.74) is 5.41. The first-order valence-electron chi connectivity index (χ1n) is 17.7. The van der Waals surface area contributed by atoms with Crippen molar-refractivity contribution < 1.29 is 23.7 Å². The number of rotatable bonds is 16. The lowest BCUT2D eigenvalue weighted by atomic mass is 9.80. The highest BCUT2D eigenvalue weighted by atomic mass is 16.6. The second kappa shape index (κ2) is 17.4. The number of hydrogen-bond acceptors (Lipinski definition) is 5. The minimum atomic E-state index is -0.916. The van der Waals surface area contributed by atoms with Gasteiger partial charge in [-0.2, -0.15) is 0 Å². The topological polar surface area (TPSA) is 46.2 Å². The van der Waals surface area contributed by atoms with Gasteiger partial charge in [-0.1, -0.05) is 182 Å². The van der Waals surface area contributed by atoms with Crippen LogP contribution in [-0.4, -0.2) is 37.6 Å². The molecule has 6 aromatic carbocycles. The van der Waals surface area contributed by atoms with Gasteiger partial charge in [0.2, 0.25) is 0 Å². The standard InChI is InChI=1S/C46H44O5/c1-7-19-36(20-8-1)31-47-42-34-50-45(44(42)49-33-38-23-11-3-12-24-38)43(48-32-37-21-9-2-10-22-37)35-51-46(39-25-13-4-14-26-39,40-27-15-5-16-28-40)41-29-17-6-18-30-41/h1-30,42-45H,31-35H2/t42-,43+,44+,45+/m0/s1. The Kier molecular flexibility index (Phi) is 11.8. The van der Waals surface area contributed by atoms with Crippen LogP contribution in [0.25, 0.3) is 0 Å². The fourth-order valence-corrected chi connectivity index (χ4v) is 6.81. The molecule has 258 valence electrons. The lowest BCUT2D eigenvalue weighted by molar-refractivity contribution is -0.149. The average Bonchev–Trinajstić information content (AvgIpc) is 3.62. The maximum absolute atomic E-state index is 7.33. The molecule has 5 nitrogen and oxygen atoms in total. The average molecular weight is 677 g/mol. The summed E-state index contributed by atoms with van der Waals surface area (Å²) in [4.78, 5) is 0. The van der Waals surface area contributed by atoms with Crippen molar-refractivity contribution in [1.82, 2.24) is 0 Å². The van der Waals surface area contributed by atoms with Gasteiger partial charge in [0.05, 0.1) is 33.0 Å². The van der Waals surface area contributed by atoms with Gasteiger partial charge in [-0.25, -0.2) is 0 Å². The molecule has 1 aliphatic rings. The van der Waals surface area contributed by atoms with Crippen molar-refractivity contribution in [2.45, 2.75) is 49.8 Å². The third-order valence-corrected chi connectivity index (χ3v) is 9.41. The Bertz CT molecular complexity index is 1760. The Morgan fingerprint density at radius 3 is 1.33 bits per heavy atom. The molecule has 0 amide bonds. The smallest absolute Gasteiger partial charge is 0.143 e. The monoisotopic (exact) mass is 676 g/mol. The molecular formula is C46H44O5. The highest BCUT2D eigenvalue weighted by Crippen LogP contribution is 2.41. The van der Waals surface area contributed by atoms with E-state index in [9.17, 15) is 0 Å². The number of benzene rings is 6. The third-order valence-electron chi connectivity index (χ3n) is 9.41. The van der Waals surface area contributed by atoms with Crippen molar-refractivity contribution in [1.29, 1.82) is 0 Å². The van der Waals surface area contributed by atoms with E-state index in [0.717, 1.165) is 33.4 Å². The predicted molar refractivity (Wildman–Crippen MR) is 200 cm³/mol. The van der Waals surface area contributed by atoms with Crippen LogP contribution >= 0.6 is 0 Å². The van der Waals surface area contributed by atoms with Gasteiger partial charge in [0.1, 0.15) is 30.0 Å². The fourth-order valence-electron chi connectivity index (χ4n) is 6.81. The van der Waals surface area contributed by atoms with E-state index < -0.39 is 23.9 Å². The first-order chi connectivity index (χ1) is 25.3. The van der Waals surface area contributed by atoms with Crippen molar-refractivity contribution in [3.63, 3.8) is 0 Å². The normalized spacial score (nSPS) is 18.0. The van der Waals surface area contributed by atoms with Gasteiger partial charge in [-0.05, 0) is 33.4 Å². The van der Waals surface area contributed by atoms with Crippen LogP contribution in [0.5, 0.6) is 0 Å². The minimum Gasteiger partial charge on any atom is -0.370 e. The van der Waals surface area contributed by atoms with E-state index in [1.165, 1.54) is 0 Å². The molecule has 0 saturated carbocycles. The van der Waals surface area contributed by atoms with Crippen LogP contribution < -0.4 is 0 Å². The molecule has 0 bridgehead atoms. The van der Waals surface area contributed by atoms with Gasteiger partial charge in [-0.15, -0.1) is 0 Å². The zero-order valence-corrected chi connectivity index (χ0v) is 28.7. The highest BCUT2D eigenvalue weighted by molar-refractivity contribution is 5.47. The molecule has 1 saturated heterocycles. The van der Waals surface area contributed by atoms with Gasteiger partial charge < -0.3 is 23.7 Å². The van der Waals surface area contributed by atoms with Crippen LogP contribution in [0.4, 0.5) is 0 Å². The Morgan fingerprint density at radius 2 is 0.882 bits per heavy atom. The van der Waals surface area contributed by atoms with Gasteiger partial charge in [-0.3, -0.25) is 0 Å². The molecule has 51 heavy (non-hydrogen) atoms. The Morgan fingerprint density at radius 1 is 0.490 bits per heavy atom. The minimum absolute atomic E-state index is 0.229. The van der Waals surface area contributed by atoms with Crippen LogP contribution in [0.1, 0.15) is 33.4 Å². The van der Waals surface area contributed by atoms with Gasteiger partial charge in [0.15, 0.2) is 0 Å². The van der Waals surface area contributed by atoms with E-state index in [1.807, 2.05) is 72.8 Å². The Labute approximate surface area is 301 Å². The summed E-state index contributed by atoms with van der Waals surface area (Å²) >= 11 is 0. The first kappa shape index (κ1) is 34.6. The molecule has 4 atom stereocenters. The SMILES string of the molecule is c1ccc(CO[C@H]2[C@@H]([C@@H](COC(c3ccccc3)(c3ccccc3)c3ccccc3)OCc3ccccc3)OC[C@@H]2OCc2ccccc2)cc1. The van der Waals surface area contributed by atoms with E-state index in [4.69, 9.17) is 23.7 Å². The van der Waals surface area contributed by atoms with Crippen molar-refractivity contribution in [3.8, 4) is 0 Å². The van der Waals surface area contributed by atoms with Crippen LogP contribution in [-0.2, 0) is 49.1 Å². The largest absolute Gasteiger partial charge is 0.370 e. The maximum Gasteiger partial charge on any atom is 0.143 e. The molecule has 0 unspecified atom stereocenters. The van der Waals surface area contributed by atoms with Crippen molar-refractivity contribution in [2.75, 3.05) is 13.2 Å². The molecule has 0 aliphatic carbocycles. The van der Waals surface area contributed by atoms with Crippen LogP contribution in [0, 0.1) is 0 Å². The summed E-state index contributed by atoms with van der Waals surface area (Å²) in [7, 11) is 0. The highest BCUT2D eigenvalue weighted by Gasteiger charge is 2.46. The number of ether oxygens (including phenoxy) is 5. The number of hydrogen-bond donors (Lipinski definition) is 0. The second-order valence-corrected chi connectivity index (χ2v) is 12.8. The molecule has 6 aromatic rings. The summed E-state index contributed by atoms with van der Waals surface area (Å²) in [6, 6.07) is 61.9. The van der Waals surface area contributed by atoms with E-state index >= 15 is 0 Å². The zero-order chi connectivity index (χ0) is 34.6. The third kappa shape index (κ3) is 8.54. The fraction of sp³-hybridized carbons (Fsp3) is 0.217. The lowest BCUT2D eigenvalue weighted by Crippen LogP contribution is -2.46. The molecule has 0 N–H and O–H groups in total. The van der Waals surface area contributed by atoms with Gasteiger partial charge in [0, 0.05) is 0 Å². The summed E-state index contributed by atoms with van der Waals surface area (Å²) in [5, 5.41) is 0. The molecule has 7 rings (SSSR count). The van der Waals surface area contributed by atoms with Crippen molar-refractivity contribution >= 4 is 0 Å².